The Morgan fingerprint density at radius 3 is 2.87 bits per heavy atom. The summed E-state index contributed by atoms with van der Waals surface area (Å²) in [7, 11) is 0. The molecule has 1 atom stereocenters. The van der Waals surface area contributed by atoms with Gasteiger partial charge >= 0.3 is 0 Å². The molecule has 1 aliphatic rings. The number of oxazole rings is 1. The molecule has 1 saturated heterocycles. The monoisotopic (exact) mass is 307 g/mol. The summed E-state index contributed by atoms with van der Waals surface area (Å²) in [6.45, 7) is 4.90. The molecule has 1 aliphatic heterocycles. The Hall–Kier alpha value is -2.17. The van der Waals surface area contributed by atoms with Gasteiger partial charge < -0.3 is 15.1 Å². The number of rotatable bonds is 5. The number of benzene rings is 2. The van der Waals surface area contributed by atoms with Gasteiger partial charge in [-0.2, -0.15) is 0 Å². The molecule has 0 spiro atoms. The van der Waals surface area contributed by atoms with E-state index in [1.807, 2.05) is 0 Å². The summed E-state index contributed by atoms with van der Waals surface area (Å²) in [5, 5.41) is 9.46. The third-order valence-electron chi connectivity index (χ3n) is 4.69. The predicted octanol–water partition coefficient (Wildman–Crippen LogP) is 3.37. The van der Waals surface area contributed by atoms with Crippen molar-refractivity contribution in [2.75, 3.05) is 13.1 Å². The average Bonchev–Trinajstić information content (AvgIpc) is 2.98. The maximum atomic E-state index is 5.59. The Balaban J connectivity index is 1.51. The van der Waals surface area contributed by atoms with Crippen LogP contribution in [0.3, 0.4) is 0 Å². The standard InChI is InChI=1S/C19H21N3O/c1-13(16-8-4-6-14-5-2-3-7-17(14)16)21-11-18-19(23-12-22-18)15-9-20-10-15/h2-8,12-13,15,20-21H,9-11H2,1H3. The van der Waals surface area contributed by atoms with Gasteiger partial charge in [-0.05, 0) is 23.3 Å². The van der Waals surface area contributed by atoms with Gasteiger partial charge in [0, 0.05) is 31.6 Å². The van der Waals surface area contributed by atoms with E-state index in [1.54, 1.807) is 6.39 Å². The van der Waals surface area contributed by atoms with Crippen LogP contribution >= 0.6 is 0 Å². The maximum Gasteiger partial charge on any atom is 0.181 e. The first-order valence-electron chi connectivity index (χ1n) is 8.17. The van der Waals surface area contributed by atoms with E-state index < -0.39 is 0 Å². The minimum Gasteiger partial charge on any atom is -0.448 e. The Labute approximate surface area is 135 Å². The van der Waals surface area contributed by atoms with E-state index in [-0.39, 0.29) is 6.04 Å². The lowest BCUT2D eigenvalue weighted by molar-refractivity contribution is 0.364. The smallest absolute Gasteiger partial charge is 0.181 e. The van der Waals surface area contributed by atoms with E-state index in [9.17, 15) is 0 Å². The maximum absolute atomic E-state index is 5.59. The molecule has 0 saturated carbocycles. The van der Waals surface area contributed by atoms with Crippen LogP contribution in [0, 0.1) is 0 Å². The van der Waals surface area contributed by atoms with Crippen molar-refractivity contribution in [3.63, 3.8) is 0 Å². The van der Waals surface area contributed by atoms with Gasteiger partial charge in [-0.15, -0.1) is 0 Å². The summed E-state index contributed by atoms with van der Waals surface area (Å²) < 4.78 is 5.59. The van der Waals surface area contributed by atoms with Crippen LogP contribution in [0.15, 0.2) is 53.3 Å². The second-order valence-electron chi connectivity index (χ2n) is 6.19. The van der Waals surface area contributed by atoms with Gasteiger partial charge in [0.1, 0.15) is 5.76 Å². The van der Waals surface area contributed by atoms with Gasteiger partial charge in [0.2, 0.25) is 0 Å². The van der Waals surface area contributed by atoms with E-state index in [2.05, 4.69) is 65.0 Å². The van der Waals surface area contributed by atoms with Crippen LogP contribution < -0.4 is 10.6 Å². The Morgan fingerprint density at radius 2 is 2.04 bits per heavy atom. The highest BCUT2D eigenvalue weighted by Gasteiger charge is 2.25. The topological polar surface area (TPSA) is 50.1 Å². The Kier molecular flexibility index (Phi) is 3.85. The summed E-state index contributed by atoms with van der Waals surface area (Å²) in [4.78, 5) is 4.39. The van der Waals surface area contributed by atoms with Crippen molar-refractivity contribution in [3.05, 3.63) is 65.9 Å². The van der Waals surface area contributed by atoms with Crippen molar-refractivity contribution < 1.29 is 4.42 Å². The number of hydrogen-bond donors (Lipinski definition) is 2. The molecule has 4 heteroatoms. The molecular formula is C19H21N3O. The second-order valence-corrected chi connectivity index (χ2v) is 6.19. The van der Waals surface area contributed by atoms with Crippen molar-refractivity contribution in [3.8, 4) is 0 Å². The Morgan fingerprint density at radius 1 is 1.22 bits per heavy atom. The summed E-state index contributed by atoms with van der Waals surface area (Å²) in [6.07, 6.45) is 1.56. The van der Waals surface area contributed by atoms with Crippen LogP contribution in [0.5, 0.6) is 0 Å². The predicted molar refractivity (Wildman–Crippen MR) is 91.3 cm³/mol. The van der Waals surface area contributed by atoms with Gasteiger partial charge in [-0.3, -0.25) is 0 Å². The number of hydrogen-bond acceptors (Lipinski definition) is 4. The molecule has 1 unspecified atom stereocenters. The molecular weight excluding hydrogens is 286 g/mol. The molecule has 3 aromatic rings. The van der Waals surface area contributed by atoms with Crippen LogP contribution in [0.4, 0.5) is 0 Å². The van der Waals surface area contributed by atoms with E-state index >= 15 is 0 Å². The lowest BCUT2D eigenvalue weighted by Gasteiger charge is -2.25. The van der Waals surface area contributed by atoms with E-state index in [1.165, 1.54) is 16.3 Å². The summed E-state index contributed by atoms with van der Waals surface area (Å²) in [6, 6.07) is 15.2. The highest BCUT2D eigenvalue weighted by atomic mass is 16.3. The molecule has 1 aromatic heterocycles. The molecule has 4 nitrogen and oxygen atoms in total. The fourth-order valence-corrected chi connectivity index (χ4v) is 3.20. The second kappa shape index (κ2) is 6.14. The third-order valence-corrected chi connectivity index (χ3v) is 4.69. The van der Waals surface area contributed by atoms with Crippen molar-refractivity contribution in [1.82, 2.24) is 15.6 Å². The molecule has 4 rings (SSSR count). The number of aromatic nitrogens is 1. The molecule has 2 heterocycles. The first-order chi connectivity index (χ1) is 11.3. The van der Waals surface area contributed by atoms with E-state index in [4.69, 9.17) is 4.42 Å². The molecule has 23 heavy (non-hydrogen) atoms. The fraction of sp³-hybridized carbons (Fsp3) is 0.316. The minimum atomic E-state index is 0.255. The first kappa shape index (κ1) is 14.4. The minimum absolute atomic E-state index is 0.255. The average molecular weight is 307 g/mol. The van der Waals surface area contributed by atoms with Crippen LogP contribution in [0.1, 0.15) is 35.9 Å². The highest BCUT2D eigenvalue weighted by molar-refractivity contribution is 5.86. The van der Waals surface area contributed by atoms with Crippen LogP contribution in [-0.2, 0) is 6.54 Å². The normalized spacial score (nSPS) is 16.4. The molecule has 118 valence electrons. The van der Waals surface area contributed by atoms with Gasteiger partial charge in [0.15, 0.2) is 6.39 Å². The molecule has 1 fully saturated rings. The number of fused-ring (bicyclic) bond motifs is 1. The first-order valence-corrected chi connectivity index (χ1v) is 8.17. The van der Waals surface area contributed by atoms with Crippen molar-refractivity contribution in [2.45, 2.75) is 25.4 Å². The largest absolute Gasteiger partial charge is 0.448 e. The third kappa shape index (κ3) is 2.76. The highest BCUT2D eigenvalue weighted by Crippen LogP contribution is 2.26. The summed E-state index contributed by atoms with van der Waals surface area (Å²) in [5.41, 5.74) is 2.35. The van der Waals surface area contributed by atoms with Crippen LogP contribution in [0.2, 0.25) is 0 Å². The zero-order chi connectivity index (χ0) is 15.6. The number of nitrogens with one attached hydrogen (secondary N) is 2. The lowest BCUT2D eigenvalue weighted by atomic mass is 9.98. The van der Waals surface area contributed by atoms with Crippen molar-refractivity contribution >= 4 is 10.8 Å². The van der Waals surface area contributed by atoms with Crippen molar-refractivity contribution in [1.29, 1.82) is 0 Å². The van der Waals surface area contributed by atoms with E-state index in [0.717, 1.165) is 31.1 Å². The zero-order valence-electron chi connectivity index (χ0n) is 13.3. The number of nitrogens with zero attached hydrogens (tertiary/aromatic N) is 1. The molecule has 2 N–H and O–H groups in total. The van der Waals surface area contributed by atoms with Gasteiger partial charge in [-0.25, -0.2) is 4.98 Å². The molecule has 0 amide bonds. The van der Waals surface area contributed by atoms with Gasteiger partial charge in [0.05, 0.1) is 5.69 Å². The summed E-state index contributed by atoms with van der Waals surface area (Å²) >= 11 is 0. The Bertz CT molecular complexity index is 802. The van der Waals surface area contributed by atoms with Crippen molar-refractivity contribution in [2.24, 2.45) is 0 Å². The molecule has 0 bridgehead atoms. The van der Waals surface area contributed by atoms with E-state index in [0.29, 0.717) is 5.92 Å². The molecule has 0 aliphatic carbocycles. The van der Waals surface area contributed by atoms with Crippen LogP contribution in [0.25, 0.3) is 10.8 Å². The fourth-order valence-electron chi connectivity index (χ4n) is 3.20. The van der Waals surface area contributed by atoms with Gasteiger partial charge in [0.25, 0.3) is 0 Å². The lowest BCUT2D eigenvalue weighted by Crippen LogP contribution is -2.40. The van der Waals surface area contributed by atoms with Gasteiger partial charge in [-0.1, -0.05) is 42.5 Å². The summed E-state index contributed by atoms with van der Waals surface area (Å²) in [5.74, 6) is 1.50. The SMILES string of the molecule is CC(NCc1ncoc1C1CNC1)c1cccc2ccccc12. The van der Waals surface area contributed by atoms with Crippen LogP contribution in [-0.4, -0.2) is 18.1 Å². The zero-order valence-corrected chi connectivity index (χ0v) is 13.3. The quantitative estimate of drug-likeness (QED) is 0.759. The molecule has 0 radical (unpaired) electrons. The molecule has 2 aromatic carbocycles.